The summed E-state index contributed by atoms with van der Waals surface area (Å²) in [5.74, 6) is 1.73. The van der Waals surface area contributed by atoms with Gasteiger partial charge in [0.2, 0.25) is 5.91 Å². The quantitative estimate of drug-likeness (QED) is 0.810. The number of rotatable bonds is 4. The summed E-state index contributed by atoms with van der Waals surface area (Å²) in [5, 5.41) is 6.89. The number of carbonyl (C=O) groups is 2. The molecule has 0 aromatic carbocycles. The van der Waals surface area contributed by atoms with Crippen LogP contribution in [-0.4, -0.2) is 46.7 Å². The van der Waals surface area contributed by atoms with Crippen molar-refractivity contribution in [3.05, 3.63) is 0 Å². The van der Waals surface area contributed by atoms with Crippen LogP contribution >= 0.6 is 0 Å². The van der Waals surface area contributed by atoms with Crippen LogP contribution in [0, 0.1) is 17.3 Å². The van der Waals surface area contributed by atoms with Crippen LogP contribution in [0.3, 0.4) is 0 Å². The largest absolute Gasteiger partial charge is 0.483 e. The van der Waals surface area contributed by atoms with E-state index in [9.17, 15) is 4.79 Å². The lowest BCUT2D eigenvalue weighted by molar-refractivity contribution is -0.137. The zero-order chi connectivity index (χ0) is 16.7. The van der Waals surface area contributed by atoms with Crippen molar-refractivity contribution in [1.29, 1.82) is 0 Å². The molecule has 2 unspecified atom stereocenters. The maximum Gasteiger partial charge on any atom is 0.290 e. The summed E-state index contributed by atoms with van der Waals surface area (Å²) in [7, 11) is 0. The molecule has 0 bridgehead atoms. The Hall–Kier alpha value is -1.10. The van der Waals surface area contributed by atoms with Crippen molar-refractivity contribution in [3.8, 4) is 0 Å². The first-order chi connectivity index (χ1) is 10.2. The Balaban J connectivity index is 0.000000545. The molecule has 1 amide bonds. The molecule has 2 aliphatic carbocycles. The number of carbonyl (C=O) groups excluding carboxylic acids is 1. The van der Waals surface area contributed by atoms with Gasteiger partial charge in [-0.3, -0.25) is 9.59 Å². The predicted octanol–water partition coefficient (Wildman–Crippen LogP) is 2.54. The molecule has 4 atom stereocenters. The van der Waals surface area contributed by atoms with E-state index in [1.165, 1.54) is 0 Å². The Labute approximate surface area is 133 Å². The van der Waals surface area contributed by atoms with Gasteiger partial charge < -0.3 is 14.7 Å². The monoisotopic (exact) mass is 311 g/mol. The number of hydrogen-bond donors (Lipinski definition) is 1. The van der Waals surface area contributed by atoms with Crippen molar-refractivity contribution in [2.75, 3.05) is 6.54 Å². The second-order valence-electron chi connectivity index (χ2n) is 7.93. The van der Waals surface area contributed by atoms with E-state index >= 15 is 0 Å². The molecule has 1 aliphatic heterocycles. The lowest BCUT2D eigenvalue weighted by Crippen LogP contribution is -2.40. The first kappa shape index (κ1) is 17.3. The summed E-state index contributed by atoms with van der Waals surface area (Å²) < 4.78 is 5.95. The van der Waals surface area contributed by atoms with Crippen LogP contribution in [0.15, 0.2) is 0 Å². The van der Waals surface area contributed by atoms with Gasteiger partial charge in [0.15, 0.2) is 0 Å². The summed E-state index contributed by atoms with van der Waals surface area (Å²) in [4.78, 5) is 22.8. The van der Waals surface area contributed by atoms with Gasteiger partial charge in [0.05, 0.1) is 18.1 Å². The lowest BCUT2D eigenvalue weighted by atomic mass is 10.0. The molecule has 0 aromatic rings. The summed E-state index contributed by atoms with van der Waals surface area (Å²) >= 11 is 0. The van der Waals surface area contributed by atoms with E-state index in [1.54, 1.807) is 0 Å². The smallest absolute Gasteiger partial charge is 0.290 e. The molecular weight excluding hydrogens is 282 g/mol. The van der Waals surface area contributed by atoms with Crippen LogP contribution in [-0.2, 0) is 14.3 Å². The minimum atomic E-state index is -0.250. The van der Waals surface area contributed by atoms with Crippen LogP contribution in [0.25, 0.3) is 0 Å². The molecule has 1 heterocycles. The molecule has 5 heteroatoms. The van der Waals surface area contributed by atoms with Gasteiger partial charge in [-0.1, -0.05) is 13.8 Å². The molecule has 3 fully saturated rings. The predicted molar refractivity (Wildman–Crippen MR) is 83.4 cm³/mol. The van der Waals surface area contributed by atoms with Crippen molar-refractivity contribution >= 4 is 12.4 Å². The molecule has 5 nitrogen and oxygen atoms in total. The first-order valence-corrected chi connectivity index (χ1v) is 8.21. The summed E-state index contributed by atoms with van der Waals surface area (Å²) in [6, 6.07) is 0.413. The molecule has 0 aromatic heterocycles. The fraction of sp³-hybridized carbons (Fsp3) is 0.882. The number of piperidine rings is 1. The van der Waals surface area contributed by atoms with E-state index in [0.717, 1.165) is 25.3 Å². The van der Waals surface area contributed by atoms with Crippen molar-refractivity contribution in [2.24, 2.45) is 17.3 Å². The lowest BCUT2D eigenvalue weighted by Gasteiger charge is -2.29. The fourth-order valence-corrected chi connectivity index (χ4v) is 4.18. The van der Waals surface area contributed by atoms with E-state index in [1.807, 2.05) is 6.92 Å². The number of amides is 1. The second-order valence-corrected chi connectivity index (χ2v) is 7.93. The Morgan fingerprint density at radius 1 is 1.41 bits per heavy atom. The maximum atomic E-state index is 12.4. The van der Waals surface area contributed by atoms with E-state index in [-0.39, 0.29) is 24.1 Å². The van der Waals surface area contributed by atoms with Gasteiger partial charge in [-0.15, -0.1) is 0 Å². The molecule has 126 valence electrons. The molecular formula is C17H29NO4. The molecule has 1 N–H and O–H groups in total. The number of likely N-dealkylation sites (tertiary alicyclic amines) is 1. The van der Waals surface area contributed by atoms with Crippen LogP contribution in [0.4, 0.5) is 0 Å². The third kappa shape index (κ3) is 3.29. The van der Waals surface area contributed by atoms with Gasteiger partial charge in [-0.25, -0.2) is 0 Å². The van der Waals surface area contributed by atoms with Gasteiger partial charge in [0.25, 0.3) is 6.47 Å². The maximum absolute atomic E-state index is 12.4. The van der Waals surface area contributed by atoms with E-state index < -0.39 is 0 Å². The van der Waals surface area contributed by atoms with Crippen LogP contribution < -0.4 is 0 Å². The third-order valence-electron chi connectivity index (χ3n) is 5.77. The summed E-state index contributed by atoms with van der Waals surface area (Å²) in [6.45, 7) is 11.8. The molecule has 3 aliphatic rings. The average molecular weight is 311 g/mol. The van der Waals surface area contributed by atoms with E-state index in [2.05, 4.69) is 32.6 Å². The molecule has 2 saturated carbocycles. The molecule has 22 heavy (non-hydrogen) atoms. The van der Waals surface area contributed by atoms with Gasteiger partial charge in [0, 0.05) is 12.6 Å². The van der Waals surface area contributed by atoms with Crippen LogP contribution in [0.1, 0.15) is 53.9 Å². The highest BCUT2D eigenvalue weighted by Crippen LogP contribution is 2.64. The van der Waals surface area contributed by atoms with Crippen molar-refractivity contribution in [3.63, 3.8) is 0 Å². The number of fused-ring (bicyclic) bond motifs is 1. The zero-order valence-electron chi connectivity index (χ0n) is 14.3. The van der Waals surface area contributed by atoms with Gasteiger partial charge >= 0.3 is 0 Å². The van der Waals surface area contributed by atoms with Crippen molar-refractivity contribution in [2.45, 2.75) is 71.6 Å². The summed E-state index contributed by atoms with van der Waals surface area (Å²) in [6.07, 6.45) is 2.88. The Bertz CT molecular complexity index is 444. The third-order valence-corrected chi connectivity index (χ3v) is 5.77. The fourth-order valence-electron chi connectivity index (χ4n) is 4.18. The van der Waals surface area contributed by atoms with Gasteiger partial charge in [0.1, 0.15) is 0 Å². The highest BCUT2D eigenvalue weighted by atomic mass is 16.5. The van der Waals surface area contributed by atoms with Crippen LogP contribution in [0.2, 0.25) is 0 Å². The first-order valence-electron chi connectivity index (χ1n) is 8.21. The standard InChI is InChI=1S/C16H27NO2.CH2O2/c1-10(19-16(5)6-7-16)8-13(18)17-9-12-14(11(17)2)15(12,3)4;2-1-3/h10-12,14H,6-9H2,1-5H3;1H,(H,2,3)/t10-,11-,12?,14?;/m1./s1. The molecule has 3 rings (SSSR count). The number of ether oxygens (including phenoxy) is 1. The Kier molecular flexibility index (Phi) is 4.58. The normalized spacial score (nSPS) is 34.0. The molecule has 0 spiro atoms. The number of carboxylic acid groups (broad SMARTS) is 1. The minimum Gasteiger partial charge on any atom is -0.483 e. The minimum absolute atomic E-state index is 0.0529. The topological polar surface area (TPSA) is 66.8 Å². The van der Waals surface area contributed by atoms with E-state index in [0.29, 0.717) is 23.8 Å². The van der Waals surface area contributed by atoms with Crippen molar-refractivity contribution in [1.82, 2.24) is 4.90 Å². The van der Waals surface area contributed by atoms with Crippen LogP contribution in [0.5, 0.6) is 0 Å². The number of hydrogen-bond acceptors (Lipinski definition) is 3. The van der Waals surface area contributed by atoms with Gasteiger partial charge in [-0.05, 0) is 50.9 Å². The van der Waals surface area contributed by atoms with Gasteiger partial charge in [-0.2, -0.15) is 0 Å². The molecule has 0 radical (unpaired) electrons. The average Bonchev–Trinajstić information content (AvgIpc) is 3.16. The highest BCUT2D eigenvalue weighted by molar-refractivity contribution is 5.77. The Morgan fingerprint density at radius 2 is 1.95 bits per heavy atom. The molecule has 1 saturated heterocycles. The highest BCUT2D eigenvalue weighted by Gasteiger charge is 2.66. The SMILES string of the molecule is C[C@H](CC(=O)N1CC2C([C@H]1C)C2(C)C)OC1(C)CC1.O=CO. The van der Waals surface area contributed by atoms with Crippen molar-refractivity contribution < 1.29 is 19.4 Å². The Morgan fingerprint density at radius 3 is 2.36 bits per heavy atom. The number of nitrogens with zero attached hydrogens (tertiary/aromatic N) is 1. The van der Waals surface area contributed by atoms with E-state index in [4.69, 9.17) is 14.6 Å². The zero-order valence-corrected chi connectivity index (χ0v) is 14.3. The second kappa shape index (κ2) is 5.84. The summed E-state index contributed by atoms with van der Waals surface area (Å²) in [5.41, 5.74) is 0.528.